The molecule has 0 amide bonds. The van der Waals surface area contributed by atoms with Gasteiger partial charge in [-0.2, -0.15) is 0 Å². The van der Waals surface area contributed by atoms with E-state index in [1.807, 2.05) is 0 Å². The Morgan fingerprint density at radius 3 is 2.07 bits per heavy atom. The minimum absolute atomic E-state index is 0.237. The summed E-state index contributed by atoms with van der Waals surface area (Å²) in [4.78, 5) is 1.30. The molecule has 0 atom stereocenters. The van der Waals surface area contributed by atoms with Crippen molar-refractivity contribution in [3.8, 4) is 0 Å². The number of rotatable bonds is 2. The molecule has 5 heteroatoms. The summed E-state index contributed by atoms with van der Waals surface area (Å²) in [6, 6.07) is 4.73. The van der Waals surface area contributed by atoms with Crippen molar-refractivity contribution in [2.75, 3.05) is 0 Å². The van der Waals surface area contributed by atoms with Crippen LogP contribution in [0.25, 0.3) is 0 Å². The Morgan fingerprint density at radius 2 is 1.64 bits per heavy atom. The van der Waals surface area contributed by atoms with Crippen molar-refractivity contribution in [1.29, 1.82) is 0 Å². The van der Waals surface area contributed by atoms with E-state index in [4.69, 9.17) is 0 Å². The third-order valence-electron chi connectivity index (χ3n) is 1.44. The monoisotopic (exact) mass is 270 g/mol. The van der Waals surface area contributed by atoms with Crippen LogP contribution in [0.15, 0.2) is 35.6 Å². The van der Waals surface area contributed by atoms with Gasteiger partial charge in [0.25, 0.3) is 0 Å². The summed E-state index contributed by atoms with van der Waals surface area (Å²) in [5, 5.41) is 0. The zero-order valence-electron chi connectivity index (χ0n) is 6.88. The van der Waals surface area contributed by atoms with E-state index in [1.165, 1.54) is 17.1 Å². The summed E-state index contributed by atoms with van der Waals surface area (Å²) >= 11 is -0.237. The van der Waals surface area contributed by atoms with E-state index in [-0.39, 0.29) is 15.0 Å². The van der Waals surface area contributed by atoms with Gasteiger partial charge in [0.15, 0.2) is 0 Å². The number of hydrogen-bond acceptors (Lipinski definition) is 0. The predicted molar refractivity (Wildman–Crippen MR) is 47.1 cm³/mol. The Hall–Kier alpha value is -0.801. The van der Waals surface area contributed by atoms with Gasteiger partial charge in [0.2, 0.25) is 0 Å². The van der Waals surface area contributed by atoms with Gasteiger partial charge >= 0.3 is 84.3 Å². The standard InChI is InChI=1S/C9H6F4Se/c10-5-6-14-8-3-1-7(2-4-8)9(11,12)13/h1-6H. The van der Waals surface area contributed by atoms with Crippen molar-refractivity contribution >= 4 is 19.4 Å². The molecule has 1 aromatic rings. The maximum absolute atomic E-state index is 12.1. The summed E-state index contributed by atoms with van der Waals surface area (Å²) in [5.41, 5.74) is -0.679. The number of halogens is 4. The second kappa shape index (κ2) is 4.62. The summed E-state index contributed by atoms with van der Waals surface area (Å²) in [5.74, 6) is 0. The zero-order valence-corrected chi connectivity index (χ0v) is 8.60. The molecule has 0 unspecified atom stereocenters. The predicted octanol–water partition coefficient (Wildman–Crippen LogP) is 2.48. The zero-order chi connectivity index (χ0) is 10.6. The first-order valence-corrected chi connectivity index (χ1v) is 5.48. The van der Waals surface area contributed by atoms with Crippen LogP contribution in [0.1, 0.15) is 5.56 Å². The van der Waals surface area contributed by atoms with Crippen LogP contribution in [-0.2, 0) is 6.18 Å². The Kier molecular flexibility index (Phi) is 3.72. The van der Waals surface area contributed by atoms with Gasteiger partial charge in [0, 0.05) is 0 Å². The van der Waals surface area contributed by atoms with Gasteiger partial charge in [0.05, 0.1) is 0 Å². The first-order valence-electron chi connectivity index (χ1n) is 3.63. The topological polar surface area (TPSA) is 0 Å². The molecule has 0 aliphatic rings. The van der Waals surface area contributed by atoms with Crippen molar-refractivity contribution in [3.63, 3.8) is 0 Å². The maximum atomic E-state index is 12.1. The summed E-state index contributed by atoms with van der Waals surface area (Å²) < 4.78 is 48.6. The Bertz CT molecular complexity index is 313. The molecule has 0 saturated heterocycles. The first kappa shape index (κ1) is 11.3. The molecular formula is C9H6F4Se. The quantitative estimate of drug-likeness (QED) is 0.571. The third-order valence-corrected chi connectivity index (χ3v) is 3.08. The van der Waals surface area contributed by atoms with Crippen molar-refractivity contribution in [3.05, 3.63) is 41.1 Å². The molecule has 0 bridgehead atoms. The first-order chi connectivity index (χ1) is 6.54. The molecule has 0 saturated carbocycles. The summed E-state index contributed by atoms with van der Waals surface area (Å²) in [7, 11) is 0. The fraction of sp³-hybridized carbons (Fsp3) is 0.111. The van der Waals surface area contributed by atoms with Crippen LogP contribution in [0, 0.1) is 0 Å². The molecule has 0 heterocycles. The number of alkyl halides is 3. The molecule has 0 aromatic heterocycles. The molecule has 0 spiro atoms. The van der Waals surface area contributed by atoms with Gasteiger partial charge < -0.3 is 0 Å². The average Bonchev–Trinajstić information content (AvgIpc) is 2.14. The van der Waals surface area contributed by atoms with E-state index in [9.17, 15) is 17.6 Å². The van der Waals surface area contributed by atoms with E-state index in [0.717, 1.165) is 12.1 Å². The molecule has 0 N–H and O–H groups in total. The van der Waals surface area contributed by atoms with Crippen LogP contribution >= 0.6 is 0 Å². The molecule has 1 aromatic carbocycles. The second-order valence-corrected chi connectivity index (χ2v) is 4.46. The van der Waals surface area contributed by atoms with E-state index in [0.29, 0.717) is 10.8 Å². The number of benzene rings is 1. The van der Waals surface area contributed by atoms with Crippen LogP contribution in [0.5, 0.6) is 0 Å². The summed E-state index contributed by atoms with van der Waals surface area (Å²) in [6.07, 6.45) is -3.90. The number of hydrogen-bond donors (Lipinski definition) is 0. The Morgan fingerprint density at radius 1 is 1.07 bits per heavy atom. The van der Waals surface area contributed by atoms with Gasteiger partial charge in [-0.15, -0.1) is 0 Å². The van der Waals surface area contributed by atoms with Crippen molar-refractivity contribution in [2.24, 2.45) is 0 Å². The van der Waals surface area contributed by atoms with Crippen molar-refractivity contribution in [1.82, 2.24) is 0 Å². The molecule has 0 nitrogen and oxygen atoms in total. The van der Waals surface area contributed by atoms with Crippen LogP contribution in [0.4, 0.5) is 17.6 Å². The van der Waals surface area contributed by atoms with E-state index in [1.54, 1.807) is 0 Å². The third kappa shape index (κ3) is 3.16. The Labute approximate surface area is 84.8 Å². The van der Waals surface area contributed by atoms with Crippen LogP contribution < -0.4 is 4.46 Å². The van der Waals surface area contributed by atoms with Crippen LogP contribution in [-0.4, -0.2) is 15.0 Å². The van der Waals surface area contributed by atoms with Crippen molar-refractivity contribution in [2.45, 2.75) is 6.18 Å². The van der Waals surface area contributed by atoms with Gasteiger partial charge in [-0.1, -0.05) is 0 Å². The molecule has 0 aliphatic heterocycles. The minimum atomic E-state index is -4.30. The second-order valence-electron chi connectivity index (χ2n) is 2.40. The van der Waals surface area contributed by atoms with E-state index in [2.05, 4.69) is 0 Å². The molecule has 14 heavy (non-hydrogen) atoms. The fourth-order valence-electron chi connectivity index (χ4n) is 0.827. The normalized spacial score (nSPS) is 12.3. The van der Waals surface area contributed by atoms with Gasteiger partial charge in [-0.25, -0.2) is 0 Å². The molecule has 0 fully saturated rings. The van der Waals surface area contributed by atoms with Gasteiger partial charge in [0.1, 0.15) is 0 Å². The SMILES string of the molecule is FC=C[Se]c1ccc(C(F)(F)F)cc1. The Balaban J connectivity index is 2.79. The van der Waals surface area contributed by atoms with Crippen LogP contribution in [0.2, 0.25) is 0 Å². The van der Waals surface area contributed by atoms with Crippen molar-refractivity contribution < 1.29 is 17.6 Å². The average molecular weight is 269 g/mol. The molecule has 0 radical (unpaired) electrons. The van der Waals surface area contributed by atoms with Gasteiger partial charge in [-0.05, 0) is 0 Å². The summed E-state index contributed by atoms with van der Waals surface area (Å²) in [6.45, 7) is 0. The van der Waals surface area contributed by atoms with Crippen LogP contribution in [0.3, 0.4) is 0 Å². The molecule has 0 aliphatic carbocycles. The van der Waals surface area contributed by atoms with E-state index < -0.39 is 11.7 Å². The molecule has 76 valence electrons. The molecule has 1 rings (SSSR count). The fourth-order valence-corrected chi connectivity index (χ4v) is 1.88. The van der Waals surface area contributed by atoms with E-state index >= 15 is 0 Å². The van der Waals surface area contributed by atoms with Gasteiger partial charge in [-0.3, -0.25) is 0 Å². The molecular weight excluding hydrogens is 263 g/mol.